The van der Waals surface area contributed by atoms with Crippen molar-refractivity contribution in [3.63, 3.8) is 0 Å². The first-order chi connectivity index (χ1) is 5.63. The molecule has 0 aliphatic heterocycles. The highest BCUT2D eigenvalue weighted by molar-refractivity contribution is 5.16. The molecule has 1 rings (SSSR count). The lowest BCUT2D eigenvalue weighted by molar-refractivity contribution is 0.0282. The maximum absolute atomic E-state index is 12.9. The third-order valence-corrected chi connectivity index (χ3v) is 1.58. The Morgan fingerprint density at radius 3 is 2.67 bits per heavy atom. The zero-order chi connectivity index (χ0) is 9.14. The van der Waals surface area contributed by atoms with Gasteiger partial charge in [0.25, 0.3) is 0 Å². The van der Waals surface area contributed by atoms with Crippen molar-refractivity contribution in [1.29, 1.82) is 0 Å². The molecule has 12 heavy (non-hydrogen) atoms. The van der Waals surface area contributed by atoms with Gasteiger partial charge in [-0.2, -0.15) is 0 Å². The maximum Gasteiger partial charge on any atom is 0.147 e. The van der Waals surface area contributed by atoms with Crippen molar-refractivity contribution >= 4 is 0 Å². The molecule has 0 aliphatic rings. The molecule has 2 unspecified atom stereocenters. The van der Waals surface area contributed by atoms with Crippen LogP contribution >= 0.6 is 0 Å². The van der Waals surface area contributed by atoms with Crippen molar-refractivity contribution in [2.45, 2.75) is 19.1 Å². The molecule has 0 aromatic carbocycles. The number of pyridine rings is 1. The Kier molecular flexibility index (Phi) is 2.73. The zero-order valence-electron chi connectivity index (χ0n) is 6.61. The number of aliphatic hydroxyl groups excluding tert-OH is 2. The number of hydrogen-bond donors (Lipinski definition) is 2. The van der Waals surface area contributed by atoms with Crippen LogP contribution in [0, 0.1) is 5.82 Å². The summed E-state index contributed by atoms with van der Waals surface area (Å²) >= 11 is 0. The number of hydrogen-bond acceptors (Lipinski definition) is 3. The molecule has 0 radical (unpaired) electrons. The molecule has 0 saturated heterocycles. The van der Waals surface area contributed by atoms with E-state index >= 15 is 0 Å². The topological polar surface area (TPSA) is 53.4 Å². The van der Waals surface area contributed by atoms with E-state index in [0.717, 1.165) is 6.20 Å². The highest BCUT2D eigenvalue weighted by atomic mass is 19.1. The molecule has 66 valence electrons. The number of aliphatic hydroxyl groups is 2. The summed E-state index contributed by atoms with van der Waals surface area (Å²) in [6.07, 6.45) is 0.195. The van der Waals surface area contributed by atoms with Crippen molar-refractivity contribution in [3.8, 4) is 0 Å². The Morgan fingerprint density at radius 2 is 2.17 bits per heavy atom. The standard InChI is InChI=1S/C8H10FNO2/c1-5(11)8(12)6-2-3-10-4-7(6)9/h2-5,8,11-12H,1H3. The monoisotopic (exact) mass is 171 g/mol. The van der Waals surface area contributed by atoms with Gasteiger partial charge in [-0.25, -0.2) is 4.39 Å². The van der Waals surface area contributed by atoms with Crippen LogP contribution in [0.2, 0.25) is 0 Å². The molecule has 0 aliphatic carbocycles. The summed E-state index contributed by atoms with van der Waals surface area (Å²) < 4.78 is 12.9. The summed E-state index contributed by atoms with van der Waals surface area (Å²) in [5, 5.41) is 18.2. The Balaban J connectivity index is 2.94. The van der Waals surface area contributed by atoms with Gasteiger partial charge in [-0.05, 0) is 13.0 Å². The molecule has 3 nitrogen and oxygen atoms in total. The van der Waals surface area contributed by atoms with Crippen LogP contribution in [-0.2, 0) is 0 Å². The van der Waals surface area contributed by atoms with E-state index in [2.05, 4.69) is 4.98 Å². The van der Waals surface area contributed by atoms with Crippen LogP contribution in [0.4, 0.5) is 4.39 Å². The van der Waals surface area contributed by atoms with Gasteiger partial charge < -0.3 is 10.2 Å². The van der Waals surface area contributed by atoms with Gasteiger partial charge in [-0.3, -0.25) is 4.98 Å². The molecule has 1 aromatic heterocycles. The van der Waals surface area contributed by atoms with Crippen LogP contribution in [-0.4, -0.2) is 21.3 Å². The second-order valence-electron chi connectivity index (χ2n) is 2.58. The average Bonchev–Trinajstić information content (AvgIpc) is 2.04. The van der Waals surface area contributed by atoms with Gasteiger partial charge >= 0.3 is 0 Å². The molecular formula is C8H10FNO2. The van der Waals surface area contributed by atoms with Crippen LogP contribution < -0.4 is 0 Å². The fourth-order valence-electron chi connectivity index (χ4n) is 0.886. The van der Waals surface area contributed by atoms with Crippen molar-refractivity contribution in [3.05, 3.63) is 29.8 Å². The van der Waals surface area contributed by atoms with Crippen molar-refractivity contribution in [2.75, 3.05) is 0 Å². The fourth-order valence-corrected chi connectivity index (χ4v) is 0.886. The van der Waals surface area contributed by atoms with E-state index in [-0.39, 0.29) is 5.56 Å². The lowest BCUT2D eigenvalue weighted by Gasteiger charge is -2.13. The van der Waals surface area contributed by atoms with E-state index < -0.39 is 18.0 Å². The van der Waals surface area contributed by atoms with E-state index in [0.29, 0.717) is 0 Å². The maximum atomic E-state index is 12.9. The Morgan fingerprint density at radius 1 is 1.50 bits per heavy atom. The van der Waals surface area contributed by atoms with Gasteiger partial charge in [-0.1, -0.05) is 0 Å². The summed E-state index contributed by atoms with van der Waals surface area (Å²) in [6, 6.07) is 1.34. The SMILES string of the molecule is CC(O)C(O)c1ccncc1F. The van der Waals surface area contributed by atoms with Gasteiger partial charge in [0.2, 0.25) is 0 Å². The number of rotatable bonds is 2. The van der Waals surface area contributed by atoms with E-state index in [1.54, 1.807) is 0 Å². The lowest BCUT2D eigenvalue weighted by Crippen LogP contribution is -2.15. The third kappa shape index (κ3) is 1.78. The minimum Gasteiger partial charge on any atom is -0.390 e. The van der Waals surface area contributed by atoms with Crippen LogP contribution in [0.3, 0.4) is 0 Å². The molecule has 0 spiro atoms. The van der Waals surface area contributed by atoms with Crippen molar-refractivity contribution in [1.82, 2.24) is 4.98 Å². The molecule has 0 bridgehead atoms. The van der Waals surface area contributed by atoms with E-state index in [9.17, 15) is 9.50 Å². The second kappa shape index (κ2) is 3.60. The zero-order valence-corrected chi connectivity index (χ0v) is 6.61. The van der Waals surface area contributed by atoms with Crippen LogP contribution in [0.1, 0.15) is 18.6 Å². The Bertz CT molecular complexity index is 265. The summed E-state index contributed by atoms with van der Waals surface area (Å²) in [7, 11) is 0. The number of aromatic nitrogens is 1. The molecule has 1 aromatic rings. The smallest absolute Gasteiger partial charge is 0.147 e. The Hall–Kier alpha value is -1.00. The molecule has 0 amide bonds. The molecule has 4 heteroatoms. The predicted molar refractivity (Wildman–Crippen MR) is 40.8 cm³/mol. The van der Waals surface area contributed by atoms with Crippen LogP contribution in [0.25, 0.3) is 0 Å². The highest BCUT2D eigenvalue weighted by Crippen LogP contribution is 2.18. The first kappa shape index (κ1) is 9.09. The first-order valence-corrected chi connectivity index (χ1v) is 3.58. The van der Waals surface area contributed by atoms with Gasteiger partial charge in [0, 0.05) is 11.8 Å². The second-order valence-corrected chi connectivity index (χ2v) is 2.58. The summed E-state index contributed by atoms with van der Waals surface area (Å²) in [5.74, 6) is -0.606. The quantitative estimate of drug-likeness (QED) is 0.686. The molecule has 1 heterocycles. The van der Waals surface area contributed by atoms with Gasteiger partial charge in [-0.15, -0.1) is 0 Å². The minimum atomic E-state index is -1.19. The lowest BCUT2D eigenvalue weighted by atomic mass is 10.1. The highest BCUT2D eigenvalue weighted by Gasteiger charge is 2.16. The Labute approximate surface area is 69.5 Å². The first-order valence-electron chi connectivity index (χ1n) is 3.58. The minimum absolute atomic E-state index is 0.0694. The molecule has 0 saturated carbocycles. The third-order valence-electron chi connectivity index (χ3n) is 1.58. The van der Waals surface area contributed by atoms with E-state index in [1.807, 2.05) is 0 Å². The number of halogens is 1. The van der Waals surface area contributed by atoms with E-state index in [4.69, 9.17) is 5.11 Å². The van der Waals surface area contributed by atoms with Crippen LogP contribution in [0.15, 0.2) is 18.5 Å². The largest absolute Gasteiger partial charge is 0.390 e. The van der Waals surface area contributed by atoms with Crippen molar-refractivity contribution < 1.29 is 14.6 Å². The van der Waals surface area contributed by atoms with Gasteiger partial charge in [0.05, 0.1) is 12.3 Å². The number of nitrogens with zero attached hydrogens (tertiary/aromatic N) is 1. The van der Waals surface area contributed by atoms with Crippen LogP contribution in [0.5, 0.6) is 0 Å². The normalized spacial score (nSPS) is 15.7. The summed E-state index contributed by atoms with van der Waals surface area (Å²) in [6.45, 7) is 1.39. The fraction of sp³-hybridized carbons (Fsp3) is 0.375. The van der Waals surface area contributed by atoms with Gasteiger partial charge in [0.15, 0.2) is 0 Å². The average molecular weight is 171 g/mol. The molecular weight excluding hydrogens is 161 g/mol. The van der Waals surface area contributed by atoms with E-state index in [1.165, 1.54) is 19.2 Å². The molecule has 0 fully saturated rings. The molecule has 2 atom stereocenters. The van der Waals surface area contributed by atoms with Crippen molar-refractivity contribution in [2.24, 2.45) is 0 Å². The molecule has 2 N–H and O–H groups in total. The summed E-state index contributed by atoms with van der Waals surface area (Å²) in [5.41, 5.74) is 0.0694. The summed E-state index contributed by atoms with van der Waals surface area (Å²) in [4.78, 5) is 3.52. The van der Waals surface area contributed by atoms with Gasteiger partial charge in [0.1, 0.15) is 11.9 Å². The predicted octanol–water partition coefficient (Wildman–Crippen LogP) is 0.635.